The molecular formula is C11H16N2O5S. The second-order valence-corrected chi connectivity index (χ2v) is 5.57. The van der Waals surface area contributed by atoms with Crippen LogP contribution < -0.4 is 10.5 Å². The van der Waals surface area contributed by atoms with Crippen LogP contribution in [0.2, 0.25) is 0 Å². The van der Waals surface area contributed by atoms with Gasteiger partial charge in [0.05, 0.1) is 23.6 Å². The number of nitrogens with two attached hydrogens (primary N) is 1. The summed E-state index contributed by atoms with van der Waals surface area (Å²) in [5.41, 5.74) is 5.50. The molecule has 0 aliphatic carbocycles. The molecule has 1 aromatic carbocycles. The van der Waals surface area contributed by atoms with Crippen LogP contribution in [-0.2, 0) is 14.8 Å². The highest BCUT2D eigenvalue weighted by molar-refractivity contribution is 7.92. The van der Waals surface area contributed by atoms with E-state index in [0.29, 0.717) is 6.61 Å². The monoisotopic (exact) mass is 288 g/mol. The molecule has 106 valence electrons. The van der Waals surface area contributed by atoms with Crippen molar-refractivity contribution in [2.24, 2.45) is 0 Å². The number of nitrogens with one attached hydrogen (secondary N) is 1. The maximum absolute atomic E-state index is 11.7. The van der Waals surface area contributed by atoms with Crippen molar-refractivity contribution in [3.63, 3.8) is 0 Å². The van der Waals surface area contributed by atoms with E-state index >= 15 is 0 Å². The number of carboxylic acid groups (broad SMARTS) is 1. The van der Waals surface area contributed by atoms with Crippen LogP contribution in [-0.4, -0.2) is 38.5 Å². The molecule has 0 aliphatic heterocycles. The van der Waals surface area contributed by atoms with Crippen LogP contribution in [0.15, 0.2) is 18.2 Å². The van der Waals surface area contributed by atoms with Gasteiger partial charge in [0.1, 0.15) is 0 Å². The summed E-state index contributed by atoms with van der Waals surface area (Å²) in [6, 6.07) is 3.94. The van der Waals surface area contributed by atoms with Gasteiger partial charge in [-0.1, -0.05) is 0 Å². The molecule has 0 atom stereocenters. The first kappa shape index (κ1) is 15.3. The lowest BCUT2D eigenvalue weighted by Gasteiger charge is -2.11. The van der Waals surface area contributed by atoms with Crippen LogP contribution in [0.1, 0.15) is 17.3 Å². The summed E-state index contributed by atoms with van der Waals surface area (Å²) in [6.07, 6.45) is 0. The first-order valence-electron chi connectivity index (χ1n) is 5.57. The number of aromatic carboxylic acids is 1. The number of hydrogen-bond acceptors (Lipinski definition) is 5. The highest BCUT2D eigenvalue weighted by Crippen LogP contribution is 2.20. The summed E-state index contributed by atoms with van der Waals surface area (Å²) in [5.74, 6) is -1.50. The number of sulfonamides is 1. The van der Waals surface area contributed by atoms with E-state index in [-0.39, 0.29) is 29.3 Å². The Balaban J connectivity index is 2.90. The van der Waals surface area contributed by atoms with Gasteiger partial charge in [-0.25, -0.2) is 13.2 Å². The number of hydrogen-bond donors (Lipinski definition) is 3. The number of rotatable bonds is 7. The summed E-state index contributed by atoms with van der Waals surface area (Å²) in [7, 11) is -3.65. The van der Waals surface area contributed by atoms with Crippen LogP contribution in [0, 0.1) is 0 Å². The lowest BCUT2D eigenvalue weighted by Crippen LogP contribution is -2.21. The molecule has 0 radical (unpaired) electrons. The Morgan fingerprint density at radius 2 is 2.16 bits per heavy atom. The molecule has 19 heavy (non-hydrogen) atoms. The number of ether oxygens (including phenoxy) is 1. The van der Waals surface area contributed by atoms with Gasteiger partial charge in [-0.2, -0.15) is 0 Å². The summed E-state index contributed by atoms with van der Waals surface area (Å²) < 4.78 is 30.6. The van der Waals surface area contributed by atoms with Crippen LogP contribution in [0.25, 0.3) is 0 Å². The average molecular weight is 288 g/mol. The lowest BCUT2D eigenvalue weighted by atomic mass is 10.1. The van der Waals surface area contributed by atoms with Crippen molar-refractivity contribution in [2.75, 3.05) is 29.4 Å². The number of carbonyl (C=O) groups is 1. The normalized spacial score (nSPS) is 11.2. The molecule has 0 aliphatic rings. The third kappa shape index (κ3) is 4.76. The van der Waals surface area contributed by atoms with Gasteiger partial charge in [-0.3, -0.25) is 4.72 Å². The highest BCUT2D eigenvalue weighted by Gasteiger charge is 2.16. The zero-order chi connectivity index (χ0) is 14.5. The van der Waals surface area contributed by atoms with Crippen LogP contribution >= 0.6 is 0 Å². The molecule has 4 N–H and O–H groups in total. The van der Waals surface area contributed by atoms with E-state index in [2.05, 4.69) is 4.72 Å². The van der Waals surface area contributed by atoms with Gasteiger partial charge in [0.2, 0.25) is 10.0 Å². The number of nitrogen functional groups attached to an aromatic ring is 1. The topological polar surface area (TPSA) is 119 Å². The zero-order valence-corrected chi connectivity index (χ0v) is 11.2. The van der Waals surface area contributed by atoms with E-state index in [0.717, 1.165) is 0 Å². The Morgan fingerprint density at radius 3 is 2.74 bits per heavy atom. The lowest BCUT2D eigenvalue weighted by molar-refractivity contribution is 0.0698. The molecule has 0 aromatic heterocycles. The molecule has 1 aromatic rings. The van der Waals surface area contributed by atoms with Crippen molar-refractivity contribution in [3.8, 4) is 0 Å². The molecule has 0 saturated heterocycles. The molecule has 7 nitrogen and oxygen atoms in total. The fourth-order valence-electron chi connectivity index (χ4n) is 1.36. The van der Waals surface area contributed by atoms with Crippen LogP contribution in [0.5, 0.6) is 0 Å². The summed E-state index contributed by atoms with van der Waals surface area (Å²) in [4.78, 5) is 11.0. The van der Waals surface area contributed by atoms with Gasteiger partial charge in [-0.15, -0.1) is 0 Å². The van der Waals surface area contributed by atoms with Crippen molar-refractivity contribution in [3.05, 3.63) is 23.8 Å². The SMILES string of the molecule is CCOCCS(=O)(=O)Nc1ccc(N)cc1C(=O)O. The molecule has 1 rings (SSSR count). The van der Waals surface area contributed by atoms with Gasteiger partial charge in [0.15, 0.2) is 0 Å². The number of carboxylic acids is 1. The van der Waals surface area contributed by atoms with Crippen molar-refractivity contribution in [2.45, 2.75) is 6.92 Å². The predicted octanol–water partition coefficient (Wildman–Crippen LogP) is 0.745. The van der Waals surface area contributed by atoms with Gasteiger partial charge in [-0.05, 0) is 25.1 Å². The largest absolute Gasteiger partial charge is 0.478 e. The molecule has 0 amide bonds. The fraction of sp³-hybridized carbons (Fsp3) is 0.364. The van der Waals surface area contributed by atoms with Crippen LogP contribution in [0.4, 0.5) is 11.4 Å². The molecule has 0 saturated carbocycles. The summed E-state index contributed by atoms with van der Waals surface area (Å²) >= 11 is 0. The molecule has 0 fully saturated rings. The van der Waals surface area contributed by atoms with Gasteiger partial charge in [0, 0.05) is 12.3 Å². The maximum Gasteiger partial charge on any atom is 0.337 e. The van der Waals surface area contributed by atoms with Crippen molar-refractivity contribution >= 4 is 27.4 Å². The van der Waals surface area contributed by atoms with Gasteiger partial charge in [0.25, 0.3) is 0 Å². The average Bonchev–Trinajstić information content (AvgIpc) is 2.31. The number of benzene rings is 1. The Bertz CT molecular complexity index is 556. The third-order valence-corrected chi connectivity index (χ3v) is 3.48. The van der Waals surface area contributed by atoms with Crippen molar-refractivity contribution in [1.82, 2.24) is 0 Å². The molecule has 0 spiro atoms. The third-order valence-electron chi connectivity index (χ3n) is 2.24. The van der Waals surface area contributed by atoms with E-state index in [1.165, 1.54) is 18.2 Å². The molecule has 8 heteroatoms. The van der Waals surface area contributed by atoms with Gasteiger partial charge < -0.3 is 15.6 Å². The zero-order valence-electron chi connectivity index (χ0n) is 10.4. The highest BCUT2D eigenvalue weighted by atomic mass is 32.2. The van der Waals surface area contributed by atoms with E-state index in [4.69, 9.17) is 15.6 Å². The van der Waals surface area contributed by atoms with E-state index in [1.54, 1.807) is 6.92 Å². The molecule has 0 bridgehead atoms. The first-order valence-corrected chi connectivity index (χ1v) is 7.22. The molecule has 0 heterocycles. The second-order valence-electron chi connectivity index (χ2n) is 3.73. The Hall–Kier alpha value is -1.80. The number of anilines is 2. The van der Waals surface area contributed by atoms with E-state index < -0.39 is 16.0 Å². The minimum Gasteiger partial charge on any atom is -0.478 e. The van der Waals surface area contributed by atoms with Crippen molar-refractivity contribution in [1.29, 1.82) is 0 Å². The van der Waals surface area contributed by atoms with Gasteiger partial charge >= 0.3 is 5.97 Å². The predicted molar refractivity (Wildman–Crippen MR) is 71.7 cm³/mol. The van der Waals surface area contributed by atoms with E-state index in [1.807, 2.05) is 0 Å². The molecule has 0 unspecified atom stereocenters. The Kier molecular flexibility index (Phi) is 5.13. The Labute approximate surface area is 111 Å². The van der Waals surface area contributed by atoms with Crippen molar-refractivity contribution < 1.29 is 23.1 Å². The summed E-state index contributed by atoms with van der Waals surface area (Å²) in [5, 5.41) is 8.99. The minimum absolute atomic E-state index is 0.0156. The fourth-order valence-corrected chi connectivity index (χ4v) is 2.31. The first-order chi connectivity index (χ1) is 8.85. The smallest absolute Gasteiger partial charge is 0.337 e. The van der Waals surface area contributed by atoms with Crippen LogP contribution in [0.3, 0.4) is 0 Å². The standard InChI is InChI=1S/C11H16N2O5S/c1-2-18-5-6-19(16,17)13-10-4-3-8(12)7-9(10)11(14)15/h3-4,7,13H,2,5-6,12H2,1H3,(H,14,15). The Morgan fingerprint density at radius 1 is 1.47 bits per heavy atom. The summed E-state index contributed by atoms with van der Waals surface area (Å²) in [6.45, 7) is 2.21. The molecular weight excluding hydrogens is 272 g/mol. The maximum atomic E-state index is 11.7. The quantitative estimate of drug-likeness (QED) is 0.503. The second kappa shape index (κ2) is 6.39. The minimum atomic E-state index is -3.65. The van der Waals surface area contributed by atoms with E-state index in [9.17, 15) is 13.2 Å².